The maximum atomic E-state index is 10.3. The molecule has 0 amide bonds. The third-order valence-electron chi connectivity index (χ3n) is 6.99. The Bertz CT molecular complexity index is 1050. The van der Waals surface area contributed by atoms with Crippen molar-refractivity contribution in [2.45, 2.75) is 31.1 Å². The summed E-state index contributed by atoms with van der Waals surface area (Å²) in [6.45, 7) is 0. The molecule has 2 fully saturated rings. The summed E-state index contributed by atoms with van der Waals surface area (Å²) in [7, 11) is 0. The zero-order valence-electron chi connectivity index (χ0n) is 18.0. The number of benzene rings is 3. The van der Waals surface area contributed by atoms with Gasteiger partial charge in [-0.2, -0.15) is 0 Å². The van der Waals surface area contributed by atoms with E-state index in [4.69, 9.17) is 10.2 Å². The van der Waals surface area contributed by atoms with Crippen LogP contribution in [0.15, 0.2) is 72.8 Å². The molecule has 0 aliphatic heterocycles. The van der Waals surface area contributed by atoms with Gasteiger partial charge in [0.2, 0.25) is 0 Å². The molecule has 6 heteroatoms. The molecule has 2 aliphatic carbocycles. The Balaban J connectivity index is 0.000000185. The van der Waals surface area contributed by atoms with E-state index >= 15 is 0 Å². The summed E-state index contributed by atoms with van der Waals surface area (Å²) in [5.74, 6) is 0.0126. The van der Waals surface area contributed by atoms with Gasteiger partial charge in [0.15, 0.2) is 0 Å². The molecule has 4 N–H and O–H groups in total. The third kappa shape index (κ3) is 4.42. The third-order valence-corrected chi connectivity index (χ3v) is 6.99. The van der Waals surface area contributed by atoms with Crippen LogP contribution in [0, 0.1) is 11.8 Å². The number of aromatic carboxylic acids is 2. The van der Waals surface area contributed by atoms with E-state index in [1.165, 1.54) is 61.1 Å². The summed E-state index contributed by atoms with van der Waals surface area (Å²) in [6, 6.07) is 20.5. The summed E-state index contributed by atoms with van der Waals surface area (Å²) in [4.78, 5) is 20.7. The Morgan fingerprint density at radius 3 is 1.39 bits per heavy atom. The number of hydrogen-bond acceptors (Lipinski definition) is 4. The van der Waals surface area contributed by atoms with Gasteiger partial charge >= 0.3 is 11.9 Å². The van der Waals surface area contributed by atoms with Crippen molar-refractivity contribution < 1.29 is 30.0 Å². The minimum Gasteiger partial charge on any atom is -0.508 e. The summed E-state index contributed by atoms with van der Waals surface area (Å²) < 4.78 is 0. The number of carboxylic acids is 2. The summed E-state index contributed by atoms with van der Waals surface area (Å²) in [6.07, 6.45) is 5.13. The highest BCUT2D eigenvalue weighted by Crippen LogP contribution is 2.60. The van der Waals surface area contributed by atoms with Crippen LogP contribution in [0.25, 0.3) is 0 Å². The summed E-state index contributed by atoms with van der Waals surface area (Å²) in [5, 5.41) is 36.1. The topological polar surface area (TPSA) is 115 Å². The van der Waals surface area contributed by atoms with E-state index in [1.807, 2.05) is 0 Å². The molecule has 2 bridgehead atoms. The Kier molecular flexibility index (Phi) is 6.09. The molecule has 2 aliphatic rings. The van der Waals surface area contributed by atoms with E-state index in [1.54, 1.807) is 24.3 Å². The van der Waals surface area contributed by atoms with E-state index in [9.17, 15) is 19.8 Å². The Morgan fingerprint density at radius 2 is 1.09 bits per heavy atom. The molecule has 2 unspecified atom stereocenters. The molecule has 0 heterocycles. The maximum Gasteiger partial charge on any atom is 0.335 e. The van der Waals surface area contributed by atoms with Crippen LogP contribution in [-0.4, -0.2) is 32.4 Å². The highest BCUT2D eigenvalue weighted by Gasteiger charge is 2.52. The molecule has 3 aromatic carbocycles. The van der Waals surface area contributed by atoms with Crippen molar-refractivity contribution in [2.24, 2.45) is 11.8 Å². The lowest BCUT2D eigenvalue weighted by Crippen LogP contribution is -2.33. The van der Waals surface area contributed by atoms with Gasteiger partial charge in [-0.25, -0.2) is 9.59 Å². The first-order chi connectivity index (χ1) is 15.8. The van der Waals surface area contributed by atoms with Gasteiger partial charge in [-0.1, -0.05) is 30.7 Å². The summed E-state index contributed by atoms with van der Waals surface area (Å²) >= 11 is 0. The van der Waals surface area contributed by atoms with Crippen LogP contribution < -0.4 is 0 Å². The normalized spacial score (nSPS) is 20.0. The van der Waals surface area contributed by atoms with Gasteiger partial charge in [0.1, 0.15) is 11.5 Å². The predicted molar refractivity (Wildman–Crippen MR) is 123 cm³/mol. The van der Waals surface area contributed by atoms with Crippen LogP contribution >= 0.6 is 0 Å². The van der Waals surface area contributed by atoms with Crippen molar-refractivity contribution in [3.8, 4) is 11.5 Å². The smallest absolute Gasteiger partial charge is 0.335 e. The molecule has 3 aromatic rings. The zero-order valence-corrected chi connectivity index (χ0v) is 18.0. The van der Waals surface area contributed by atoms with E-state index in [0.29, 0.717) is 17.4 Å². The molecule has 33 heavy (non-hydrogen) atoms. The van der Waals surface area contributed by atoms with E-state index in [2.05, 4.69) is 24.3 Å². The average molecular weight is 446 g/mol. The molecular formula is C27H26O6. The van der Waals surface area contributed by atoms with Crippen LogP contribution in [-0.2, 0) is 5.41 Å². The van der Waals surface area contributed by atoms with Crippen molar-refractivity contribution in [3.63, 3.8) is 0 Å². The van der Waals surface area contributed by atoms with E-state index < -0.39 is 11.9 Å². The van der Waals surface area contributed by atoms with Crippen molar-refractivity contribution in [1.29, 1.82) is 0 Å². The zero-order chi connectivity index (χ0) is 23.6. The molecule has 0 aromatic heterocycles. The lowest BCUT2D eigenvalue weighted by atomic mass is 9.64. The van der Waals surface area contributed by atoms with Gasteiger partial charge in [-0.3, -0.25) is 0 Å². The number of carboxylic acid groups (broad SMARTS) is 2. The van der Waals surface area contributed by atoms with Crippen LogP contribution in [0.1, 0.15) is 57.5 Å². The highest BCUT2D eigenvalue weighted by molar-refractivity contribution is 5.91. The monoisotopic (exact) mass is 446 g/mol. The molecule has 0 saturated heterocycles. The molecule has 2 atom stereocenters. The van der Waals surface area contributed by atoms with Crippen molar-refractivity contribution >= 4 is 11.9 Å². The number of hydrogen-bond donors (Lipinski definition) is 4. The number of carbonyl (C=O) groups is 2. The number of aromatic hydroxyl groups is 2. The van der Waals surface area contributed by atoms with Crippen LogP contribution in [0.4, 0.5) is 0 Å². The first kappa shape index (κ1) is 22.4. The fraction of sp³-hybridized carbons (Fsp3) is 0.259. The Hall–Kier alpha value is -3.80. The Labute approximate surface area is 191 Å². The number of fused-ring (bicyclic) bond motifs is 2. The molecule has 2 saturated carbocycles. The molecule has 6 nitrogen and oxygen atoms in total. The van der Waals surface area contributed by atoms with Crippen molar-refractivity contribution in [2.75, 3.05) is 0 Å². The molecule has 170 valence electrons. The second kappa shape index (κ2) is 8.98. The van der Waals surface area contributed by atoms with Gasteiger partial charge in [0.05, 0.1) is 11.1 Å². The quantitative estimate of drug-likeness (QED) is 0.433. The lowest BCUT2D eigenvalue weighted by Gasteiger charge is -2.39. The van der Waals surface area contributed by atoms with Gasteiger partial charge in [-0.05, 0) is 90.8 Å². The molecule has 0 spiro atoms. The van der Waals surface area contributed by atoms with E-state index in [-0.39, 0.29) is 16.5 Å². The first-order valence-corrected chi connectivity index (χ1v) is 11.0. The number of phenolic OH excluding ortho intramolecular Hbond substituents is 2. The minimum atomic E-state index is -1.06. The lowest BCUT2D eigenvalue weighted by molar-refractivity contribution is 0.0681. The SMILES string of the molecule is O=C(O)c1ccc(C(=O)O)cc1.Oc1ccc(C2(c3ccc(O)cc3)CC3CCC2C3)cc1. The standard InChI is InChI=1S/C19H20O2.C8H6O4/c20-17-7-3-14(4-8-17)19(12-13-1-2-16(19)11-13)15-5-9-18(21)10-6-15;9-7(10)5-1-2-6(4-3-5)8(11)12/h3-10,13,16,20-21H,1-2,11-12H2;1-4H,(H,9,10)(H,11,12). The van der Waals surface area contributed by atoms with Gasteiger partial charge in [-0.15, -0.1) is 0 Å². The molecule has 5 rings (SSSR count). The summed E-state index contributed by atoms with van der Waals surface area (Å²) in [5.41, 5.74) is 2.83. The Morgan fingerprint density at radius 1 is 0.667 bits per heavy atom. The van der Waals surface area contributed by atoms with Gasteiger partial charge < -0.3 is 20.4 Å². The molecule has 0 radical (unpaired) electrons. The fourth-order valence-corrected chi connectivity index (χ4v) is 5.48. The second-order valence-electron chi connectivity index (χ2n) is 8.83. The fourth-order valence-electron chi connectivity index (χ4n) is 5.48. The minimum absolute atomic E-state index is 0.0598. The molecular weight excluding hydrogens is 420 g/mol. The van der Waals surface area contributed by atoms with Crippen LogP contribution in [0.5, 0.6) is 11.5 Å². The van der Waals surface area contributed by atoms with Crippen LogP contribution in [0.2, 0.25) is 0 Å². The first-order valence-electron chi connectivity index (χ1n) is 11.0. The average Bonchev–Trinajstić information content (AvgIpc) is 3.43. The van der Waals surface area contributed by atoms with E-state index in [0.717, 1.165) is 5.92 Å². The van der Waals surface area contributed by atoms with Crippen LogP contribution in [0.3, 0.4) is 0 Å². The number of phenols is 2. The predicted octanol–water partition coefficient (Wildman–Crippen LogP) is 5.29. The maximum absolute atomic E-state index is 10.3. The number of rotatable bonds is 4. The van der Waals surface area contributed by atoms with Gasteiger partial charge in [0, 0.05) is 5.41 Å². The second-order valence-corrected chi connectivity index (χ2v) is 8.83. The van der Waals surface area contributed by atoms with Gasteiger partial charge in [0.25, 0.3) is 0 Å². The largest absolute Gasteiger partial charge is 0.508 e. The van der Waals surface area contributed by atoms with Crippen molar-refractivity contribution in [3.05, 3.63) is 95.1 Å². The highest BCUT2D eigenvalue weighted by atomic mass is 16.4. The van der Waals surface area contributed by atoms with Crippen molar-refractivity contribution in [1.82, 2.24) is 0 Å².